The van der Waals surface area contributed by atoms with Gasteiger partial charge in [-0.2, -0.15) is 0 Å². The van der Waals surface area contributed by atoms with E-state index in [9.17, 15) is 4.79 Å². The van der Waals surface area contributed by atoms with Gasteiger partial charge in [0.1, 0.15) is 4.60 Å². The van der Waals surface area contributed by atoms with E-state index < -0.39 is 0 Å². The minimum absolute atomic E-state index is 0.174. The van der Waals surface area contributed by atoms with E-state index in [0.29, 0.717) is 10.2 Å². The third-order valence-electron chi connectivity index (χ3n) is 2.94. The van der Waals surface area contributed by atoms with E-state index in [1.807, 2.05) is 24.3 Å². The Labute approximate surface area is 129 Å². The molecular weight excluding hydrogens is 332 g/mol. The summed E-state index contributed by atoms with van der Waals surface area (Å²) in [6.07, 6.45) is 4.97. The maximum Gasteiger partial charge on any atom is 0.255 e. The molecule has 0 saturated heterocycles. The summed E-state index contributed by atoms with van der Waals surface area (Å²) >= 11 is 3.25. The van der Waals surface area contributed by atoms with Crippen LogP contribution in [0.15, 0.2) is 59.7 Å². The molecule has 21 heavy (non-hydrogen) atoms. The van der Waals surface area contributed by atoms with Gasteiger partial charge in [-0.15, -0.1) is 0 Å². The van der Waals surface area contributed by atoms with Gasteiger partial charge in [0.05, 0.1) is 18.2 Å². The first-order valence-corrected chi connectivity index (χ1v) is 7.03. The molecule has 0 bridgehead atoms. The highest BCUT2D eigenvalue weighted by molar-refractivity contribution is 9.10. The Morgan fingerprint density at radius 2 is 2.00 bits per heavy atom. The molecule has 6 heteroatoms. The molecule has 3 rings (SSSR count). The number of carbonyl (C=O) groups excluding carboxylic acids is 1. The standard InChI is InChI=1S/C15H11BrN4O/c16-14-7-11(5-6-18-14)15(21)20-12-3-1-10(2-4-12)13-8-17-9-19-13/h1-9H,(H,17,19)(H,20,21). The van der Waals surface area contributed by atoms with E-state index in [2.05, 4.69) is 36.2 Å². The lowest BCUT2D eigenvalue weighted by atomic mass is 10.1. The molecule has 0 radical (unpaired) electrons. The number of H-pyrrole nitrogens is 1. The first kappa shape index (κ1) is 13.5. The molecular formula is C15H11BrN4O. The van der Waals surface area contributed by atoms with Gasteiger partial charge in [-0.3, -0.25) is 4.79 Å². The smallest absolute Gasteiger partial charge is 0.255 e. The first-order chi connectivity index (χ1) is 10.2. The number of nitrogens with zero attached hydrogens (tertiary/aromatic N) is 2. The molecule has 5 nitrogen and oxygen atoms in total. The fourth-order valence-corrected chi connectivity index (χ4v) is 2.26. The van der Waals surface area contributed by atoms with Crippen molar-refractivity contribution in [2.24, 2.45) is 0 Å². The van der Waals surface area contributed by atoms with Gasteiger partial charge in [-0.1, -0.05) is 12.1 Å². The zero-order valence-corrected chi connectivity index (χ0v) is 12.5. The van der Waals surface area contributed by atoms with Crippen molar-refractivity contribution in [3.05, 3.63) is 65.3 Å². The summed E-state index contributed by atoms with van der Waals surface area (Å²) in [7, 11) is 0. The van der Waals surface area contributed by atoms with Crippen molar-refractivity contribution >= 4 is 27.5 Å². The van der Waals surface area contributed by atoms with E-state index in [-0.39, 0.29) is 5.91 Å². The number of aromatic nitrogens is 3. The van der Waals surface area contributed by atoms with E-state index in [1.165, 1.54) is 0 Å². The number of anilines is 1. The molecule has 2 aromatic heterocycles. The van der Waals surface area contributed by atoms with Gasteiger partial charge in [0.2, 0.25) is 0 Å². The molecule has 0 aliphatic rings. The molecule has 0 atom stereocenters. The number of carbonyl (C=O) groups is 1. The van der Waals surface area contributed by atoms with Crippen molar-refractivity contribution in [1.82, 2.24) is 15.0 Å². The average Bonchev–Trinajstić information content (AvgIpc) is 3.02. The number of hydrogen-bond acceptors (Lipinski definition) is 3. The molecule has 2 heterocycles. The van der Waals surface area contributed by atoms with Gasteiger partial charge in [0.25, 0.3) is 5.91 Å². The van der Waals surface area contributed by atoms with Crippen molar-refractivity contribution in [3.63, 3.8) is 0 Å². The maximum absolute atomic E-state index is 12.1. The summed E-state index contributed by atoms with van der Waals surface area (Å²) in [6, 6.07) is 10.9. The lowest BCUT2D eigenvalue weighted by Crippen LogP contribution is -2.11. The Bertz CT molecular complexity index is 754. The van der Waals surface area contributed by atoms with Gasteiger partial charge >= 0.3 is 0 Å². The molecule has 104 valence electrons. The molecule has 0 spiro atoms. The van der Waals surface area contributed by atoms with Crippen LogP contribution in [0.4, 0.5) is 5.69 Å². The monoisotopic (exact) mass is 342 g/mol. The van der Waals surface area contributed by atoms with E-state index in [4.69, 9.17) is 0 Å². The summed E-state index contributed by atoms with van der Waals surface area (Å²) < 4.78 is 0.629. The van der Waals surface area contributed by atoms with Crippen LogP contribution in [0.5, 0.6) is 0 Å². The van der Waals surface area contributed by atoms with Crippen LogP contribution in [0.1, 0.15) is 10.4 Å². The number of hydrogen-bond donors (Lipinski definition) is 2. The van der Waals surface area contributed by atoms with Crippen LogP contribution in [0.3, 0.4) is 0 Å². The van der Waals surface area contributed by atoms with Crippen molar-refractivity contribution in [1.29, 1.82) is 0 Å². The lowest BCUT2D eigenvalue weighted by Gasteiger charge is -2.06. The predicted molar refractivity (Wildman–Crippen MR) is 83.9 cm³/mol. The minimum Gasteiger partial charge on any atom is -0.345 e. The fourth-order valence-electron chi connectivity index (χ4n) is 1.89. The number of rotatable bonds is 3. The second-order valence-electron chi connectivity index (χ2n) is 4.36. The second kappa shape index (κ2) is 5.88. The topological polar surface area (TPSA) is 70.7 Å². The zero-order chi connectivity index (χ0) is 14.7. The van der Waals surface area contributed by atoms with Crippen LogP contribution in [0.25, 0.3) is 11.3 Å². The Kier molecular flexibility index (Phi) is 3.79. The number of nitrogens with one attached hydrogen (secondary N) is 2. The van der Waals surface area contributed by atoms with Crippen LogP contribution < -0.4 is 5.32 Å². The Morgan fingerprint density at radius 1 is 1.19 bits per heavy atom. The van der Waals surface area contributed by atoms with E-state index in [1.54, 1.807) is 30.9 Å². The normalized spacial score (nSPS) is 10.3. The molecule has 0 fully saturated rings. The van der Waals surface area contributed by atoms with Gasteiger partial charge < -0.3 is 10.3 Å². The molecule has 1 amide bonds. The Hall–Kier alpha value is -2.47. The molecule has 0 aliphatic carbocycles. The lowest BCUT2D eigenvalue weighted by molar-refractivity contribution is 0.102. The number of benzene rings is 1. The largest absolute Gasteiger partial charge is 0.345 e. The summed E-state index contributed by atoms with van der Waals surface area (Å²) in [4.78, 5) is 23.1. The number of halogens is 1. The fraction of sp³-hybridized carbons (Fsp3) is 0. The van der Waals surface area contributed by atoms with Crippen molar-refractivity contribution in [3.8, 4) is 11.3 Å². The highest BCUT2D eigenvalue weighted by atomic mass is 79.9. The third kappa shape index (κ3) is 3.17. The van der Waals surface area contributed by atoms with Crippen LogP contribution in [-0.2, 0) is 0 Å². The molecule has 1 aromatic carbocycles. The van der Waals surface area contributed by atoms with Gasteiger partial charge in [0, 0.05) is 17.4 Å². The molecule has 2 N–H and O–H groups in total. The quantitative estimate of drug-likeness (QED) is 0.715. The van der Waals surface area contributed by atoms with Crippen molar-refractivity contribution in [2.45, 2.75) is 0 Å². The minimum atomic E-state index is -0.174. The van der Waals surface area contributed by atoms with Crippen LogP contribution >= 0.6 is 15.9 Å². The number of imidazole rings is 1. The highest BCUT2D eigenvalue weighted by Crippen LogP contribution is 2.19. The van der Waals surface area contributed by atoms with Crippen molar-refractivity contribution in [2.75, 3.05) is 5.32 Å². The van der Waals surface area contributed by atoms with Crippen LogP contribution in [-0.4, -0.2) is 20.9 Å². The van der Waals surface area contributed by atoms with Crippen LogP contribution in [0.2, 0.25) is 0 Å². The molecule has 0 unspecified atom stereocenters. The predicted octanol–water partition coefficient (Wildman–Crippen LogP) is 3.49. The number of pyridine rings is 1. The first-order valence-electron chi connectivity index (χ1n) is 6.24. The Balaban J connectivity index is 1.75. The maximum atomic E-state index is 12.1. The van der Waals surface area contributed by atoms with Gasteiger partial charge in [-0.25, -0.2) is 9.97 Å². The molecule has 0 aliphatic heterocycles. The number of aromatic amines is 1. The van der Waals surface area contributed by atoms with E-state index >= 15 is 0 Å². The number of amides is 1. The summed E-state index contributed by atoms with van der Waals surface area (Å²) in [5.41, 5.74) is 3.23. The summed E-state index contributed by atoms with van der Waals surface area (Å²) in [6.45, 7) is 0. The van der Waals surface area contributed by atoms with Crippen LogP contribution in [0, 0.1) is 0 Å². The third-order valence-corrected chi connectivity index (χ3v) is 3.37. The second-order valence-corrected chi connectivity index (χ2v) is 5.18. The highest BCUT2D eigenvalue weighted by Gasteiger charge is 2.07. The summed E-state index contributed by atoms with van der Waals surface area (Å²) in [5, 5.41) is 2.84. The molecule has 3 aromatic rings. The SMILES string of the molecule is O=C(Nc1ccc(-c2cnc[nH]2)cc1)c1ccnc(Br)c1. The van der Waals surface area contributed by atoms with Gasteiger partial charge in [0.15, 0.2) is 0 Å². The average molecular weight is 343 g/mol. The van der Waals surface area contributed by atoms with Crippen molar-refractivity contribution < 1.29 is 4.79 Å². The molecule has 0 saturated carbocycles. The van der Waals surface area contributed by atoms with E-state index in [0.717, 1.165) is 16.9 Å². The Morgan fingerprint density at radius 3 is 2.67 bits per heavy atom. The summed E-state index contributed by atoms with van der Waals surface area (Å²) in [5.74, 6) is -0.174. The van der Waals surface area contributed by atoms with Gasteiger partial charge in [-0.05, 0) is 45.8 Å². The zero-order valence-electron chi connectivity index (χ0n) is 10.9.